The SMILES string of the molecule is O=C1NC(=S)NC1c1ccc(Br)c(F)c1. The molecule has 1 fully saturated rings. The van der Waals surface area contributed by atoms with Crippen molar-refractivity contribution in [2.75, 3.05) is 0 Å². The van der Waals surface area contributed by atoms with Gasteiger partial charge >= 0.3 is 0 Å². The highest BCUT2D eigenvalue weighted by Gasteiger charge is 2.28. The number of rotatable bonds is 1. The van der Waals surface area contributed by atoms with Crippen molar-refractivity contribution in [3.8, 4) is 0 Å². The van der Waals surface area contributed by atoms with E-state index in [9.17, 15) is 9.18 Å². The van der Waals surface area contributed by atoms with Crippen molar-refractivity contribution < 1.29 is 9.18 Å². The van der Waals surface area contributed by atoms with Gasteiger partial charge in [0.1, 0.15) is 11.9 Å². The van der Waals surface area contributed by atoms with Gasteiger partial charge in [-0.15, -0.1) is 0 Å². The van der Waals surface area contributed by atoms with E-state index in [1.807, 2.05) is 0 Å². The maximum Gasteiger partial charge on any atom is 0.253 e. The Hall–Kier alpha value is -1.01. The molecule has 1 aromatic carbocycles. The fourth-order valence-corrected chi connectivity index (χ4v) is 1.81. The highest BCUT2D eigenvalue weighted by Crippen LogP contribution is 2.22. The van der Waals surface area contributed by atoms with Gasteiger partial charge in [-0.1, -0.05) is 6.07 Å². The van der Waals surface area contributed by atoms with Crippen LogP contribution >= 0.6 is 28.1 Å². The average molecular weight is 289 g/mol. The molecule has 1 amide bonds. The number of hydrogen-bond donors (Lipinski definition) is 2. The molecule has 0 aliphatic carbocycles. The lowest BCUT2D eigenvalue weighted by molar-refractivity contribution is -0.120. The van der Waals surface area contributed by atoms with E-state index in [4.69, 9.17) is 12.2 Å². The van der Waals surface area contributed by atoms with Crippen LogP contribution in [0.4, 0.5) is 4.39 Å². The maximum absolute atomic E-state index is 13.2. The summed E-state index contributed by atoms with van der Waals surface area (Å²) in [5, 5.41) is 5.47. The molecule has 0 radical (unpaired) electrons. The zero-order valence-corrected chi connectivity index (χ0v) is 9.78. The zero-order valence-electron chi connectivity index (χ0n) is 7.38. The molecule has 1 aliphatic rings. The van der Waals surface area contributed by atoms with Crippen molar-refractivity contribution in [2.45, 2.75) is 6.04 Å². The third-order valence-corrected chi connectivity index (χ3v) is 2.91. The summed E-state index contributed by atoms with van der Waals surface area (Å²) in [4.78, 5) is 11.4. The predicted molar refractivity (Wildman–Crippen MR) is 60.7 cm³/mol. The van der Waals surface area contributed by atoms with E-state index in [1.54, 1.807) is 12.1 Å². The molecule has 2 N–H and O–H groups in total. The third-order valence-electron chi connectivity index (χ3n) is 2.05. The topological polar surface area (TPSA) is 41.1 Å². The van der Waals surface area contributed by atoms with Crippen LogP contribution in [-0.2, 0) is 4.79 Å². The van der Waals surface area contributed by atoms with E-state index in [-0.39, 0.29) is 11.0 Å². The Labute approximate surface area is 99.2 Å². The number of amides is 1. The number of hydrogen-bond acceptors (Lipinski definition) is 2. The van der Waals surface area contributed by atoms with Crippen LogP contribution in [0.1, 0.15) is 11.6 Å². The Morgan fingerprint density at radius 3 is 2.73 bits per heavy atom. The minimum Gasteiger partial charge on any atom is -0.347 e. The van der Waals surface area contributed by atoms with Crippen LogP contribution in [0.15, 0.2) is 22.7 Å². The first-order valence-electron chi connectivity index (χ1n) is 4.14. The molecule has 1 atom stereocenters. The van der Waals surface area contributed by atoms with Crippen LogP contribution in [0.5, 0.6) is 0 Å². The molecule has 0 bridgehead atoms. The second-order valence-corrected chi connectivity index (χ2v) is 4.33. The molecule has 2 rings (SSSR count). The van der Waals surface area contributed by atoms with Gasteiger partial charge in [0.15, 0.2) is 5.11 Å². The molecule has 1 aliphatic heterocycles. The summed E-state index contributed by atoms with van der Waals surface area (Å²) in [5.41, 5.74) is 0.549. The monoisotopic (exact) mass is 288 g/mol. The van der Waals surface area contributed by atoms with Crippen molar-refractivity contribution in [3.05, 3.63) is 34.1 Å². The standard InChI is InChI=1S/C9H6BrFN2OS/c10-5-2-1-4(3-6(5)11)7-8(14)13-9(15)12-7/h1-3,7H,(H2,12,13,14,15). The van der Waals surface area contributed by atoms with Gasteiger partial charge in [0, 0.05) is 0 Å². The number of thiocarbonyl (C=S) groups is 1. The van der Waals surface area contributed by atoms with Gasteiger partial charge < -0.3 is 10.6 Å². The highest BCUT2D eigenvalue weighted by atomic mass is 79.9. The molecule has 15 heavy (non-hydrogen) atoms. The zero-order chi connectivity index (χ0) is 11.0. The van der Waals surface area contributed by atoms with E-state index in [0.29, 0.717) is 10.0 Å². The largest absolute Gasteiger partial charge is 0.347 e. The fraction of sp³-hybridized carbons (Fsp3) is 0.111. The van der Waals surface area contributed by atoms with E-state index in [1.165, 1.54) is 6.07 Å². The van der Waals surface area contributed by atoms with Crippen LogP contribution in [0, 0.1) is 5.82 Å². The predicted octanol–water partition coefficient (Wildman–Crippen LogP) is 1.63. The molecular weight excluding hydrogens is 283 g/mol. The summed E-state index contributed by atoms with van der Waals surface area (Å²) in [5.74, 6) is -0.665. The smallest absolute Gasteiger partial charge is 0.253 e. The summed E-state index contributed by atoms with van der Waals surface area (Å²) in [6, 6.07) is 3.93. The molecule has 0 saturated carbocycles. The summed E-state index contributed by atoms with van der Waals surface area (Å²) in [6.07, 6.45) is 0. The first kappa shape index (κ1) is 10.5. The van der Waals surface area contributed by atoms with Gasteiger partial charge in [0.25, 0.3) is 5.91 Å². The molecule has 78 valence electrons. The van der Waals surface area contributed by atoms with Gasteiger partial charge in [-0.05, 0) is 45.8 Å². The molecule has 1 saturated heterocycles. The summed E-state index contributed by atoms with van der Waals surface area (Å²) < 4.78 is 13.6. The van der Waals surface area contributed by atoms with Gasteiger partial charge in [-0.2, -0.15) is 0 Å². The Kier molecular flexibility index (Phi) is 2.70. The Morgan fingerprint density at radius 1 is 1.47 bits per heavy atom. The van der Waals surface area contributed by atoms with Crippen LogP contribution in [0.25, 0.3) is 0 Å². The molecule has 1 aromatic rings. The summed E-state index contributed by atoms with van der Waals surface area (Å²) in [7, 11) is 0. The number of carbonyl (C=O) groups is 1. The molecule has 3 nitrogen and oxygen atoms in total. The Bertz CT molecular complexity index is 452. The average Bonchev–Trinajstić information content (AvgIpc) is 2.50. The summed E-state index contributed by atoms with van der Waals surface area (Å²) >= 11 is 7.83. The number of halogens is 2. The van der Waals surface area contributed by atoms with Crippen molar-refractivity contribution in [1.82, 2.24) is 10.6 Å². The fourth-order valence-electron chi connectivity index (χ4n) is 1.34. The molecule has 0 spiro atoms. The number of benzene rings is 1. The van der Waals surface area contributed by atoms with Gasteiger partial charge in [0.05, 0.1) is 4.47 Å². The molecule has 1 unspecified atom stereocenters. The van der Waals surface area contributed by atoms with Crippen molar-refractivity contribution >= 4 is 39.2 Å². The Morgan fingerprint density at radius 2 is 2.20 bits per heavy atom. The lowest BCUT2D eigenvalue weighted by Gasteiger charge is -2.08. The molecule has 6 heteroatoms. The quantitative estimate of drug-likeness (QED) is 0.772. The summed E-state index contributed by atoms with van der Waals surface area (Å²) in [6.45, 7) is 0. The minimum absolute atomic E-state index is 0.262. The van der Waals surface area contributed by atoms with Crippen LogP contribution in [0.3, 0.4) is 0 Å². The molecule has 0 aromatic heterocycles. The van der Waals surface area contributed by atoms with Crippen molar-refractivity contribution in [3.63, 3.8) is 0 Å². The number of nitrogens with one attached hydrogen (secondary N) is 2. The van der Waals surface area contributed by atoms with Crippen LogP contribution in [0.2, 0.25) is 0 Å². The van der Waals surface area contributed by atoms with E-state index < -0.39 is 11.9 Å². The minimum atomic E-state index is -0.597. The maximum atomic E-state index is 13.2. The van der Waals surface area contributed by atoms with E-state index >= 15 is 0 Å². The second kappa shape index (κ2) is 3.86. The van der Waals surface area contributed by atoms with E-state index in [0.717, 1.165) is 0 Å². The molecule has 1 heterocycles. The first-order valence-corrected chi connectivity index (χ1v) is 5.34. The normalized spacial score (nSPS) is 20.0. The lowest BCUT2D eigenvalue weighted by atomic mass is 10.1. The van der Waals surface area contributed by atoms with Crippen molar-refractivity contribution in [1.29, 1.82) is 0 Å². The lowest BCUT2D eigenvalue weighted by Crippen LogP contribution is -2.21. The van der Waals surface area contributed by atoms with Gasteiger partial charge in [-0.25, -0.2) is 4.39 Å². The van der Waals surface area contributed by atoms with Crippen LogP contribution < -0.4 is 10.6 Å². The van der Waals surface area contributed by atoms with Gasteiger partial charge in [-0.3, -0.25) is 4.79 Å². The van der Waals surface area contributed by atoms with Gasteiger partial charge in [0.2, 0.25) is 0 Å². The van der Waals surface area contributed by atoms with Crippen molar-refractivity contribution in [2.24, 2.45) is 0 Å². The Balaban J connectivity index is 2.34. The second-order valence-electron chi connectivity index (χ2n) is 3.07. The molecular formula is C9H6BrFN2OS. The third kappa shape index (κ3) is 2.00. The highest BCUT2D eigenvalue weighted by molar-refractivity contribution is 9.10. The van der Waals surface area contributed by atoms with E-state index in [2.05, 4.69) is 26.6 Å². The number of carbonyl (C=O) groups excluding carboxylic acids is 1. The van der Waals surface area contributed by atoms with Crippen LogP contribution in [-0.4, -0.2) is 11.0 Å². The first-order chi connectivity index (χ1) is 7.08.